The van der Waals surface area contributed by atoms with Crippen molar-refractivity contribution in [3.8, 4) is 0 Å². The van der Waals surface area contributed by atoms with Gasteiger partial charge in [0.05, 0.1) is 0 Å². The topological polar surface area (TPSA) is 29.1 Å². The summed E-state index contributed by atoms with van der Waals surface area (Å²) < 4.78 is 2.49. The van der Waals surface area contributed by atoms with Crippen molar-refractivity contribution >= 4 is 24.3 Å². The van der Waals surface area contributed by atoms with Crippen molar-refractivity contribution in [2.24, 2.45) is 0 Å². The van der Waals surface area contributed by atoms with Crippen LogP contribution in [0.15, 0.2) is 9.67 Å². The molecule has 1 saturated carbocycles. The summed E-state index contributed by atoms with van der Waals surface area (Å²) in [6.07, 6.45) is 2.27. The molecule has 1 rings (SSSR count). The molecule has 0 unspecified atom stereocenters. The summed E-state index contributed by atoms with van der Waals surface area (Å²) in [5.41, 5.74) is 1.45. The maximum absolute atomic E-state index is 11.0. The Balaban J connectivity index is 2.75. The van der Waals surface area contributed by atoms with E-state index in [2.05, 4.69) is 31.2 Å². The van der Waals surface area contributed by atoms with Crippen LogP contribution >= 0.6 is 0 Å². The standard InChI is InChI=1S/C8H12NO.3CH3.Sn/c1-6-4-5-8(6,3)9-7(2)10;;;;/h1H,4-5H2,2-3H3,(H,9,10);3*1H3;/t8-;;;;/m0..../s1. The number of carbonyl (C=O) groups excluding carboxylic acids is 1. The Morgan fingerprint density at radius 3 is 2.36 bits per heavy atom. The van der Waals surface area contributed by atoms with Gasteiger partial charge in [0, 0.05) is 0 Å². The molecule has 1 fully saturated rings. The SMILES string of the molecule is CC(=O)N[C@@]1(C)CC/C1=[CH]\[Sn]([CH3])([CH3])[CH3]. The minimum absolute atomic E-state index is 0.0178. The van der Waals surface area contributed by atoms with E-state index in [1.807, 2.05) is 0 Å². The van der Waals surface area contributed by atoms with Crippen LogP contribution in [0.1, 0.15) is 26.7 Å². The summed E-state index contributed by atoms with van der Waals surface area (Å²) in [6.45, 7) is 3.74. The number of hydrogen-bond acceptors (Lipinski definition) is 1. The van der Waals surface area contributed by atoms with Gasteiger partial charge in [-0.1, -0.05) is 0 Å². The first-order valence-electron chi connectivity index (χ1n) is 5.24. The molecule has 0 aliphatic heterocycles. The number of rotatable bonds is 2. The molecule has 1 aliphatic rings. The normalized spacial score (nSPS) is 29.9. The van der Waals surface area contributed by atoms with Gasteiger partial charge in [-0.2, -0.15) is 0 Å². The molecular weight excluding hydrogens is 281 g/mol. The third-order valence-electron chi connectivity index (χ3n) is 2.66. The zero-order valence-electron chi connectivity index (χ0n) is 9.90. The summed E-state index contributed by atoms with van der Waals surface area (Å²) in [5, 5.41) is 3.05. The van der Waals surface area contributed by atoms with Gasteiger partial charge in [0.2, 0.25) is 0 Å². The van der Waals surface area contributed by atoms with E-state index in [0.717, 1.165) is 6.42 Å². The molecular formula is C11H21NOSn. The van der Waals surface area contributed by atoms with E-state index in [4.69, 9.17) is 0 Å². The molecule has 80 valence electrons. The van der Waals surface area contributed by atoms with Crippen molar-refractivity contribution in [1.82, 2.24) is 5.32 Å². The van der Waals surface area contributed by atoms with Crippen molar-refractivity contribution in [1.29, 1.82) is 0 Å². The van der Waals surface area contributed by atoms with E-state index < -0.39 is 18.4 Å². The Kier molecular flexibility index (Phi) is 3.34. The predicted molar refractivity (Wildman–Crippen MR) is 62.9 cm³/mol. The number of nitrogens with one attached hydrogen (secondary N) is 1. The van der Waals surface area contributed by atoms with Crippen LogP contribution in [0.5, 0.6) is 0 Å². The summed E-state index contributed by atoms with van der Waals surface area (Å²) in [6, 6.07) is 0. The van der Waals surface area contributed by atoms with Crippen LogP contribution in [-0.4, -0.2) is 29.8 Å². The van der Waals surface area contributed by atoms with Gasteiger partial charge in [0.1, 0.15) is 0 Å². The van der Waals surface area contributed by atoms with E-state index in [1.165, 1.54) is 12.0 Å². The van der Waals surface area contributed by atoms with Crippen LogP contribution in [0.2, 0.25) is 14.8 Å². The first kappa shape index (κ1) is 12.1. The molecule has 0 aromatic heterocycles. The van der Waals surface area contributed by atoms with Crippen LogP contribution in [0, 0.1) is 0 Å². The molecule has 0 aromatic carbocycles. The van der Waals surface area contributed by atoms with Gasteiger partial charge in [-0.15, -0.1) is 0 Å². The van der Waals surface area contributed by atoms with Crippen LogP contribution in [0.3, 0.4) is 0 Å². The molecule has 0 bridgehead atoms. The minimum atomic E-state index is -1.83. The van der Waals surface area contributed by atoms with E-state index >= 15 is 0 Å². The van der Waals surface area contributed by atoms with E-state index in [1.54, 1.807) is 6.92 Å². The first-order valence-corrected chi connectivity index (χ1v) is 15.4. The second kappa shape index (κ2) is 3.87. The van der Waals surface area contributed by atoms with Crippen LogP contribution in [0.25, 0.3) is 0 Å². The molecule has 0 spiro atoms. The van der Waals surface area contributed by atoms with Gasteiger partial charge in [-0.05, 0) is 0 Å². The Morgan fingerprint density at radius 2 is 2.07 bits per heavy atom. The third kappa shape index (κ3) is 3.00. The third-order valence-corrected chi connectivity index (χ3v) is 6.13. The molecule has 0 radical (unpaired) electrons. The monoisotopic (exact) mass is 303 g/mol. The average molecular weight is 302 g/mol. The fourth-order valence-electron chi connectivity index (χ4n) is 1.93. The summed E-state index contributed by atoms with van der Waals surface area (Å²) in [7, 11) is 0. The summed E-state index contributed by atoms with van der Waals surface area (Å²) in [4.78, 5) is 18.2. The van der Waals surface area contributed by atoms with Crippen LogP contribution in [-0.2, 0) is 4.79 Å². The van der Waals surface area contributed by atoms with E-state index in [-0.39, 0.29) is 11.4 Å². The van der Waals surface area contributed by atoms with Crippen molar-refractivity contribution in [2.45, 2.75) is 47.0 Å². The van der Waals surface area contributed by atoms with E-state index in [9.17, 15) is 4.79 Å². The molecule has 0 aromatic rings. The molecule has 1 atom stereocenters. The average Bonchev–Trinajstić information content (AvgIpc) is 1.96. The van der Waals surface area contributed by atoms with Crippen molar-refractivity contribution in [3.63, 3.8) is 0 Å². The fraction of sp³-hybridized carbons (Fsp3) is 0.727. The zero-order chi connectivity index (χ0) is 11.0. The van der Waals surface area contributed by atoms with Gasteiger partial charge in [0.15, 0.2) is 0 Å². The van der Waals surface area contributed by atoms with Crippen molar-refractivity contribution in [3.05, 3.63) is 9.67 Å². The zero-order valence-corrected chi connectivity index (χ0v) is 12.8. The number of hydrogen-bond donors (Lipinski definition) is 1. The Bertz CT molecular complexity index is 278. The molecule has 0 saturated heterocycles. The molecule has 14 heavy (non-hydrogen) atoms. The van der Waals surface area contributed by atoms with Crippen molar-refractivity contribution < 1.29 is 4.79 Å². The Morgan fingerprint density at radius 1 is 1.50 bits per heavy atom. The van der Waals surface area contributed by atoms with Gasteiger partial charge in [0.25, 0.3) is 0 Å². The second-order valence-corrected chi connectivity index (χ2v) is 19.9. The van der Waals surface area contributed by atoms with Gasteiger partial charge >= 0.3 is 91.1 Å². The Hall–Kier alpha value is 0.00870. The summed E-state index contributed by atoms with van der Waals surface area (Å²) >= 11 is -1.83. The predicted octanol–water partition coefficient (Wildman–Crippen LogP) is 2.48. The van der Waals surface area contributed by atoms with Gasteiger partial charge < -0.3 is 0 Å². The quantitative estimate of drug-likeness (QED) is 0.780. The first-order chi connectivity index (χ1) is 6.23. The van der Waals surface area contributed by atoms with E-state index in [0.29, 0.717) is 0 Å². The summed E-state index contributed by atoms with van der Waals surface area (Å²) in [5.74, 6) is 0.0854. The van der Waals surface area contributed by atoms with Crippen LogP contribution < -0.4 is 5.32 Å². The molecule has 1 aliphatic carbocycles. The van der Waals surface area contributed by atoms with Gasteiger partial charge in [-0.3, -0.25) is 0 Å². The molecule has 0 heterocycles. The molecule has 1 amide bonds. The number of carbonyl (C=O) groups is 1. The fourth-order valence-corrected chi connectivity index (χ4v) is 6.23. The Labute approximate surface area is 91.0 Å². The maximum atomic E-state index is 11.0. The van der Waals surface area contributed by atoms with Gasteiger partial charge in [-0.25, -0.2) is 0 Å². The van der Waals surface area contributed by atoms with Crippen LogP contribution in [0.4, 0.5) is 0 Å². The van der Waals surface area contributed by atoms with Crippen molar-refractivity contribution in [2.75, 3.05) is 0 Å². The molecule has 3 heteroatoms. The number of amides is 1. The molecule has 2 nitrogen and oxygen atoms in total. The molecule has 1 N–H and O–H groups in total. The second-order valence-electron chi connectivity index (χ2n) is 5.55.